The molecule has 0 spiro atoms. The van der Waals surface area contributed by atoms with E-state index in [1.165, 1.54) is 11.3 Å². The SMILES string of the molecule is Cc1ccc(NC(=O)C2CCN(Cn3nc(OC(C)C)sc3=S)CC2)nc1. The normalized spacial score (nSPS) is 15.9. The van der Waals surface area contributed by atoms with Crippen LogP contribution in [0, 0.1) is 16.8 Å². The molecule has 3 heterocycles. The van der Waals surface area contributed by atoms with E-state index in [0.29, 0.717) is 21.6 Å². The monoisotopic (exact) mass is 407 g/mol. The maximum Gasteiger partial charge on any atom is 0.293 e. The highest BCUT2D eigenvalue weighted by atomic mass is 32.1. The molecule has 1 saturated heterocycles. The Labute approximate surface area is 168 Å². The number of aryl methyl sites for hydroxylation is 1. The van der Waals surface area contributed by atoms with Gasteiger partial charge < -0.3 is 10.1 Å². The van der Waals surface area contributed by atoms with E-state index in [-0.39, 0.29) is 17.9 Å². The third-order valence-corrected chi connectivity index (χ3v) is 5.58. The Morgan fingerprint density at radius 3 is 2.78 bits per heavy atom. The highest BCUT2D eigenvalue weighted by molar-refractivity contribution is 7.73. The summed E-state index contributed by atoms with van der Waals surface area (Å²) in [5.41, 5.74) is 1.07. The fraction of sp³-hybridized carbons (Fsp3) is 0.556. The molecular formula is C18H25N5O2S2. The highest BCUT2D eigenvalue weighted by Gasteiger charge is 2.25. The molecule has 0 unspecified atom stereocenters. The predicted octanol–water partition coefficient (Wildman–Crippen LogP) is 3.47. The second-order valence-electron chi connectivity index (χ2n) is 7.04. The molecule has 1 aliphatic rings. The standard InChI is InChI=1S/C18H25N5O2S2/c1-12(2)25-17-21-23(18(26)27-17)11-22-8-6-14(7-9-22)16(24)20-15-5-4-13(3)10-19-15/h4-5,10,12,14H,6-9,11H2,1-3H3,(H,19,20,24). The summed E-state index contributed by atoms with van der Waals surface area (Å²) in [4.78, 5) is 19.0. The number of amides is 1. The van der Waals surface area contributed by atoms with E-state index in [9.17, 15) is 4.79 Å². The van der Waals surface area contributed by atoms with Crippen molar-refractivity contribution in [2.75, 3.05) is 18.4 Å². The van der Waals surface area contributed by atoms with Gasteiger partial charge in [-0.25, -0.2) is 9.67 Å². The minimum Gasteiger partial charge on any atom is -0.466 e. The van der Waals surface area contributed by atoms with E-state index in [0.717, 1.165) is 31.5 Å². The number of nitrogens with zero attached hydrogens (tertiary/aromatic N) is 4. The summed E-state index contributed by atoms with van der Waals surface area (Å²) < 4.78 is 8.12. The van der Waals surface area contributed by atoms with Gasteiger partial charge in [-0.15, -0.1) is 5.10 Å². The molecule has 0 bridgehead atoms. The van der Waals surface area contributed by atoms with Crippen LogP contribution in [0.1, 0.15) is 32.3 Å². The van der Waals surface area contributed by atoms with Crippen molar-refractivity contribution in [3.05, 3.63) is 27.8 Å². The van der Waals surface area contributed by atoms with E-state index in [2.05, 4.69) is 20.3 Å². The van der Waals surface area contributed by atoms with E-state index in [1.807, 2.05) is 32.9 Å². The van der Waals surface area contributed by atoms with Crippen LogP contribution < -0.4 is 10.1 Å². The molecule has 0 aromatic carbocycles. The number of pyridine rings is 1. The summed E-state index contributed by atoms with van der Waals surface area (Å²) in [6.45, 7) is 8.21. The fourth-order valence-corrected chi connectivity index (χ4v) is 3.97. The van der Waals surface area contributed by atoms with Gasteiger partial charge in [0, 0.05) is 25.2 Å². The van der Waals surface area contributed by atoms with Gasteiger partial charge in [0.15, 0.2) is 3.95 Å². The van der Waals surface area contributed by atoms with Crippen molar-refractivity contribution in [1.82, 2.24) is 19.7 Å². The maximum absolute atomic E-state index is 12.5. The molecule has 0 aliphatic carbocycles. The number of carbonyl (C=O) groups is 1. The van der Waals surface area contributed by atoms with Gasteiger partial charge in [-0.1, -0.05) is 6.07 Å². The zero-order valence-corrected chi connectivity index (χ0v) is 17.5. The Bertz CT molecular complexity index is 823. The molecule has 0 saturated carbocycles. The van der Waals surface area contributed by atoms with Gasteiger partial charge in [0.25, 0.3) is 5.19 Å². The van der Waals surface area contributed by atoms with E-state index < -0.39 is 0 Å². The minimum atomic E-state index is 0.00703. The van der Waals surface area contributed by atoms with Crippen LogP contribution in [0.3, 0.4) is 0 Å². The van der Waals surface area contributed by atoms with Crippen LogP contribution in [-0.2, 0) is 11.5 Å². The molecule has 0 radical (unpaired) electrons. The van der Waals surface area contributed by atoms with E-state index >= 15 is 0 Å². The van der Waals surface area contributed by atoms with Crippen molar-refractivity contribution in [3.63, 3.8) is 0 Å². The predicted molar refractivity (Wildman–Crippen MR) is 109 cm³/mol. The van der Waals surface area contributed by atoms with Crippen molar-refractivity contribution in [2.24, 2.45) is 5.92 Å². The largest absolute Gasteiger partial charge is 0.466 e. The molecule has 7 nitrogen and oxygen atoms in total. The zero-order chi connectivity index (χ0) is 19.4. The molecule has 1 fully saturated rings. The Hall–Kier alpha value is -1.84. The molecule has 2 aromatic heterocycles. The Morgan fingerprint density at radius 2 is 2.15 bits per heavy atom. The number of rotatable bonds is 6. The van der Waals surface area contributed by atoms with E-state index in [4.69, 9.17) is 17.0 Å². The number of hydrogen-bond donors (Lipinski definition) is 1. The molecule has 0 atom stereocenters. The van der Waals surface area contributed by atoms with Gasteiger partial charge in [0.1, 0.15) is 5.82 Å². The molecule has 1 N–H and O–H groups in total. The first-order valence-corrected chi connectivity index (χ1v) is 10.3. The van der Waals surface area contributed by atoms with Crippen LogP contribution in [0.2, 0.25) is 0 Å². The lowest BCUT2D eigenvalue weighted by atomic mass is 9.96. The Balaban J connectivity index is 1.50. The Morgan fingerprint density at radius 1 is 1.41 bits per heavy atom. The molecular weight excluding hydrogens is 382 g/mol. The zero-order valence-electron chi connectivity index (χ0n) is 15.8. The fourth-order valence-electron chi connectivity index (χ4n) is 2.92. The van der Waals surface area contributed by atoms with Crippen molar-refractivity contribution < 1.29 is 9.53 Å². The third kappa shape index (κ3) is 5.57. The molecule has 1 amide bonds. The maximum atomic E-state index is 12.5. The van der Waals surface area contributed by atoms with Gasteiger partial charge in [0.05, 0.1) is 12.8 Å². The number of nitrogens with one attached hydrogen (secondary N) is 1. The van der Waals surface area contributed by atoms with Gasteiger partial charge in [-0.05, 0) is 68.8 Å². The molecule has 146 valence electrons. The van der Waals surface area contributed by atoms with Crippen LogP contribution in [0.25, 0.3) is 0 Å². The van der Waals surface area contributed by atoms with Crippen LogP contribution in [0.4, 0.5) is 5.82 Å². The molecule has 9 heteroatoms. The minimum absolute atomic E-state index is 0.00703. The first kappa shape index (κ1) is 19.9. The van der Waals surface area contributed by atoms with Gasteiger partial charge in [0.2, 0.25) is 5.91 Å². The smallest absolute Gasteiger partial charge is 0.293 e. The number of piperidine rings is 1. The van der Waals surface area contributed by atoms with E-state index in [1.54, 1.807) is 10.9 Å². The average Bonchev–Trinajstić information content (AvgIpc) is 2.96. The number of aromatic nitrogens is 3. The van der Waals surface area contributed by atoms with Crippen LogP contribution in [-0.4, -0.2) is 44.8 Å². The Kier molecular flexibility index (Phi) is 6.56. The summed E-state index contributed by atoms with van der Waals surface area (Å²) in [6, 6.07) is 3.78. The summed E-state index contributed by atoms with van der Waals surface area (Å²) in [5, 5.41) is 7.96. The first-order valence-electron chi connectivity index (χ1n) is 9.11. The molecule has 2 aromatic rings. The van der Waals surface area contributed by atoms with Crippen molar-refractivity contribution in [1.29, 1.82) is 0 Å². The summed E-state index contributed by atoms with van der Waals surface area (Å²) in [5.74, 6) is 0.663. The lowest BCUT2D eigenvalue weighted by molar-refractivity contribution is -0.121. The van der Waals surface area contributed by atoms with Crippen LogP contribution in [0.5, 0.6) is 5.19 Å². The number of likely N-dealkylation sites (tertiary alicyclic amines) is 1. The lowest BCUT2D eigenvalue weighted by Crippen LogP contribution is -2.39. The summed E-state index contributed by atoms with van der Waals surface area (Å²) >= 11 is 6.77. The third-order valence-electron chi connectivity index (χ3n) is 4.38. The van der Waals surface area contributed by atoms with Crippen molar-refractivity contribution in [2.45, 2.75) is 46.4 Å². The average molecular weight is 408 g/mol. The van der Waals surface area contributed by atoms with Crippen LogP contribution >= 0.6 is 23.6 Å². The molecule has 27 heavy (non-hydrogen) atoms. The van der Waals surface area contributed by atoms with Crippen molar-refractivity contribution in [3.8, 4) is 5.19 Å². The van der Waals surface area contributed by atoms with Gasteiger partial charge >= 0.3 is 0 Å². The highest BCUT2D eigenvalue weighted by Crippen LogP contribution is 2.22. The van der Waals surface area contributed by atoms with Crippen LogP contribution in [0.15, 0.2) is 18.3 Å². The van der Waals surface area contributed by atoms with Gasteiger partial charge in [-0.2, -0.15) is 0 Å². The second kappa shape index (κ2) is 8.90. The molecule has 1 aliphatic heterocycles. The van der Waals surface area contributed by atoms with Gasteiger partial charge in [-0.3, -0.25) is 9.69 Å². The lowest BCUT2D eigenvalue weighted by Gasteiger charge is -2.30. The summed E-state index contributed by atoms with van der Waals surface area (Å²) in [7, 11) is 0. The van der Waals surface area contributed by atoms with Crippen molar-refractivity contribution >= 4 is 35.3 Å². The number of ether oxygens (including phenoxy) is 1. The number of carbonyl (C=O) groups excluding carboxylic acids is 1. The quantitative estimate of drug-likeness (QED) is 0.739. The number of anilines is 1. The summed E-state index contributed by atoms with van der Waals surface area (Å²) in [6.07, 6.45) is 3.46. The second-order valence-corrected chi connectivity index (χ2v) is 8.63. The number of hydrogen-bond acceptors (Lipinski definition) is 7. The topological polar surface area (TPSA) is 72.3 Å². The molecule has 3 rings (SSSR count). The first-order chi connectivity index (χ1) is 12.9.